The summed E-state index contributed by atoms with van der Waals surface area (Å²) >= 11 is 0. The number of hydrazine groups is 1. The van der Waals surface area contributed by atoms with Crippen molar-refractivity contribution in [1.82, 2.24) is 5.01 Å². The molecule has 2 bridgehead atoms. The van der Waals surface area contributed by atoms with Gasteiger partial charge in [0.1, 0.15) is 5.60 Å². The minimum Gasteiger partial charge on any atom is -0.443 e. The van der Waals surface area contributed by atoms with E-state index in [0.29, 0.717) is 19.3 Å². The number of rotatable bonds is 2. The summed E-state index contributed by atoms with van der Waals surface area (Å²) in [6.07, 6.45) is 1.50. The molecular weight excluding hydrogens is 211 g/mol. The van der Waals surface area contributed by atoms with Crippen molar-refractivity contribution in [1.29, 1.82) is 0 Å². The van der Waals surface area contributed by atoms with Gasteiger partial charge in [-0.25, -0.2) is 15.6 Å². The lowest BCUT2D eigenvalue weighted by Crippen LogP contribution is -2.78. The highest BCUT2D eigenvalue weighted by Crippen LogP contribution is 2.69. The van der Waals surface area contributed by atoms with Gasteiger partial charge in [-0.05, 0) is 40.0 Å². The van der Waals surface area contributed by atoms with Crippen LogP contribution in [0.1, 0.15) is 40.0 Å². The van der Waals surface area contributed by atoms with Gasteiger partial charge in [0.25, 0.3) is 0 Å². The number of hydrogen-bond donors (Lipinski definition) is 1. The summed E-state index contributed by atoms with van der Waals surface area (Å²) in [6, 6.07) is 0. The summed E-state index contributed by atoms with van der Waals surface area (Å²) < 4.78 is 17.8. The molecule has 3 saturated carbocycles. The van der Waals surface area contributed by atoms with Crippen LogP contribution in [0.2, 0.25) is 0 Å². The molecule has 0 atom stereocenters. The first-order valence-electron chi connectivity index (χ1n) is 5.56. The first kappa shape index (κ1) is 11.6. The summed E-state index contributed by atoms with van der Waals surface area (Å²) in [4.78, 5) is 11.7. The van der Waals surface area contributed by atoms with Crippen molar-refractivity contribution in [3.8, 4) is 0 Å². The Bertz CT molecular complexity index is 305. The van der Waals surface area contributed by atoms with E-state index in [2.05, 4.69) is 0 Å². The van der Waals surface area contributed by atoms with E-state index in [-0.39, 0.29) is 17.6 Å². The molecule has 0 aromatic heterocycles. The molecule has 92 valence electrons. The second-order valence-electron chi connectivity index (χ2n) is 6.24. The van der Waals surface area contributed by atoms with E-state index in [9.17, 15) is 9.18 Å². The molecule has 0 aromatic carbocycles. The Labute approximate surface area is 94.9 Å². The molecule has 16 heavy (non-hydrogen) atoms. The number of amides is 1. The van der Waals surface area contributed by atoms with E-state index in [1.807, 2.05) is 0 Å². The summed E-state index contributed by atoms with van der Waals surface area (Å²) in [5.41, 5.74) is -1.05. The third-order valence-corrected chi connectivity index (χ3v) is 3.50. The fourth-order valence-corrected chi connectivity index (χ4v) is 2.84. The van der Waals surface area contributed by atoms with Crippen LogP contribution < -0.4 is 5.84 Å². The van der Waals surface area contributed by atoms with Crippen LogP contribution in [0, 0.1) is 5.41 Å². The first-order valence-corrected chi connectivity index (χ1v) is 5.56. The molecule has 0 saturated heterocycles. The number of ether oxygens (including phenoxy) is 1. The van der Waals surface area contributed by atoms with E-state index in [0.717, 1.165) is 5.01 Å². The average Bonchev–Trinajstić information content (AvgIpc) is 1.96. The average molecular weight is 230 g/mol. The minimum atomic E-state index is -0.546. The van der Waals surface area contributed by atoms with Gasteiger partial charge < -0.3 is 4.74 Å². The highest BCUT2D eigenvalue weighted by Gasteiger charge is 2.71. The van der Waals surface area contributed by atoms with E-state index in [1.54, 1.807) is 20.8 Å². The Kier molecular flexibility index (Phi) is 2.25. The minimum absolute atomic E-state index is 0.181. The second-order valence-corrected chi connectivity index (χ2v) is 6.24. The van der Waals surface area contributed by atoms with Crippen LogP contribution in [0.3, 0.4) is 0 Å². The van der Waals surface area contributed by atoms with Gasteiger partial charge in [-0.3, -0.25) is 4.39 Å². The van der Waals surface area contributed by atoms with Gasteiger partial charge in [0, 0.05) is 5.41 Å². The van der Waals surface area contributed by atoms with Crippen LogP contribution >= 0.6 is 0 Å². The molecule has 0 aliphatic heterocycles. The molecule has 4 nitrogen and oxygen atoms in total. The second kappa shape index (κ2) is 3.09. The van der Waals surface area contributed by atoms with Crippen molar-refractivity contribution < 1.29 is 13.9 Å². The lowest BCUT2D eigenvalue weighted by Gasteiger charge is -2.71. The Morgan fingerprint density at radius 2 is 1.94 bits per heavy atom. The zero-order valence-electron chi connectivity index (χ0n) is 10.0. The maximum absolute atomic E-state index is 12.6. The SMILES string of the molecule is CC(C)(C)OC(=O)N(N)C12CC(CF)(C1)C2. The molecular formula is C11H19FN2O2. The van der Waals surface area contributed by atoms with Gasteiger partial charge in [0.05, 0.1) is 12.2 Å². The third kappa shape index (κ3) is 1.57. The number of halogens is 1. The van der Waals surface area contributed by atoms with E-state index in [1.165, 1.54) is 0 Å². The Morgan fingerprint density at radius 1 is 1.44 bits per heavy atom. The van der Waals surface area contributed by atoms with Crippen LogP contribution in [0.15, 0.2) is 0 Å². The summed E-state index contributed by atoms with van der Waals surface area (Å²) in [7, 11) is 0. The summed E-state index contributed by atoms with van der Waals surface area (Å²) in [5, 5.41) is 1.16. The highest BCUT2D eigenvalue weighted by molar-refractivity contribution is 5.69. The Balaban J connectivity index is 1.91. The van der Waals surface area contributed by atoms with E-state index in [4.69, 9.17) is 10.6 Å². The smallest absolute Gasteiger partial charge is 0.425 e. The molecule has 0 unspecified atom stereocenters. The van der Waals surface area contributed by atoms with Gasteiger partial charge in [0.2, 0.25) is 0 Å². The van der Waals surface area contributed by atoms with Crippen molar-refractivity contribution in [2.24, 2.45) is 11.3 Å². The largest absolute Gasteiger partial charge is 0.443 e. The number of nitrogens with two attached hydrogens (primary N) is 1. The van der Waals surface area contributed by atoms with E-state index >= 15 is 0 Å². The van der Waals surface area contributed by atoms with Crippen molar-refractivity contribution in [2.75, 3.05) is 6.67 Å². The van der Waals surface area contributed by atoms with Crippen LogP contribution in [-0.4, -0.2) is 28.9 Å². The number of hydrogen-bond acceptors (Lipinski definition) is 3. The predicted molar refractivity (Wildman–Crippen MR) is 57.3 cm³/mol. The molecule has 1 amide bonds. The molecule has 3 fully saturated rings. The maximum Gasteiger partial charge on any atom is 0.425 e. The monoisotopic (exact) mass is 230 g/mol. The number of nitrogens with zero attached hydrogens (tertiary/aromatic N) is 1. The lowest BCUT2D eigenvalue weighted by atomic mass is 9.39. The zero-order chi connectivity index (χ0) is 12.2. The number of carbonyl (C=O) groups is 1. The molecule has 5 heteroatoms. The standard InChI is InChI=1S/C11H19FN2O2/c1-9(2,3)16-8(15)14(13)11-4-10(5-11,6-11)7-12/h4-7,13H2,1-3H3. The van der Waals surface area contributed by atoms with Crippen molar-refractivity contribution in [3.05, 3.63) is 0 Å². The summed E-state index contributed by atoms with van der Waals surface area (Å²) in [5.74, 6) is 5.75. The Hall–Kier alpha value is -0.840. The number of alkyl halides is 1. The van der Waals surface area contributed by atoms with Crippen LogP contribution in [0.4, 0.5) is 9.18 Å². The fourth-order valence-electron chi connectivity index (χ4n) is 2.84. The highest BCUT2D eigenvalue weighted by atomic mass is 19.1. The topological polar surface area (TPSA) is 55.6 Å². The normalized spacial score (nSPS) is 36.1. The van der Waals surface area contributed by atoms with Gasteiger partial charge in [-0.15, -0.1) is 0 Å². The summed E-state index contributed by atoms with van der Waals surface area (Å²) in [6.45, 7) is 5.08. The molecule has 0 spiro atoms. The molecule has 0 aromatic rings. The molecule has 0 radical (unpaired) electrons. The van der Waals surface area contributed by atoms with Gasteiger partial charge in [-0.1, -0.05) is 0 Å². The van der Waals surface area contributed by atoms with Gasteiger partial charge in [0.15, 0.2) is 0 Å². The van der Waals surface area contributed by atoms with Gasteiger partial charge in [-0.2, -0.15) is 0 Å². The first-order chi connectivity index (χ1) is 7.22. The predicted octanol–water partition coefficient (Wildman–Crippen LogP) is 1.99. The lowest BCUT2D eigenvalue weighted by molar-refractivity contribution is -0.219. The molecule has 0 heterocycles. The quantitative estimate of drug-likeness (QED) is 0.448. The van der Waals surface area contributed by atoms with Crippen molar-refractivity contribution >= 4 is 6.09 Å². The van der Waals surface area contributed by atoms with Crippen LogP contribution in [0.5, 0.6) is 0 Å². The number of carbonyl (C=O) groups excluding carboxylic acids is 1. The van der Waals surface area contributed by atoms with Crippen molar-refractivity contribution in [3.63, 3.8) is 0 Å². The third-order valence-electron chi connectivity index (χ3n) is 3.50. The van der Waals surface area contributed by atoms with Crippen molar-refractivity contribution in [2.45, 2.75) is 51.2 Å². The maximum atomic E-state index is 12.6. The van der Waals surface area contributed by atoms with E-state index < -0.39 is 11.7 Å². The van der Waals surface area contributed by atoms with Crippen LogP contribution in [-0.2, 0) is 4.74 Å². The molecule has 3 aliphatic carbocycles. The van der Waals surface area contributed by atoms with Crippen LogP contribution in [0.25, 0.3) is 0 Å². The molecule has 3 aliphatic rings. The van der Waals surface area contributed by atoms with Gasteiger partial charge >= 0.3 is 6.09 Å². The Morgan fingerprint density at radius 3 is 2.31 bits per heavy atom. The molecule has 2 N–H and O–H groups in total. The zero-order valence-corrected chi connectivity index (χ0v) is 10.0. The fraction of sp³-hybridized carbons (Fsp3) is 0.909. The molecule has 3 rings (SSSR count).